The fourth-order valence-electron chi connectivity index (χ4n) is 8.07. The number of rotatable bonds is 5. The monoisotopic (exact) mass is 702 g/mol. The fraction of sp³-hybridized carbons (Fsp3) is 0.0196. The lowest BCUT2D eigenvalue weighted by molar-refractivity contribution is 0.669. The van der Waals surface area contributed by atoms with Gasteiger partial charge in [-0.15, -0.1) is 5.69 Å². The van der Waals surface area contributed by atoms with Gasteiger partial charge >= 0.3 is 0 Å². The van der Waals surface area contributed by atoms with Crippen LogP contribution in [0.5, 0.6) is 0 Å². The number of benzene rings is 7. The van der Waals surface area contributed by atoms with Crippen molar-refractivity contribution in [1.82, 2.24) is 9.97 Å². The highest BCUT2D eigenvalue weighted by Crippen LogP contribution is 2.45. The molecule has 1 aliphatic heterocycles. The molecule has 0 N–H and O–H groups in total. The second-order valence-electron chi connectivity index (χ2n) is 14.1. The maximum absolute atomic E-state index is 6.68. The summed E-state index contributed by atoms with van der Waals surface area (Å²) >= 11 is 0. The molecule has 10 aromatic rings. The Bertz CT molecular complexity index is 3090. The molecule has 4 nitrogen and oxygen atoms in total. The van der Waals surface area contributed by atoms with Crippen molar-refractivity contribution in [3.63, 3.8) is 0 Å². The molecule has 0 bridgehead atoms. The summed E-state index contributed by atoms with van der Waals surface area (Å²) in [6.07, 6.45) is 4.33. The quantitative estimate of drug-likeness (QED) is 0.179. The smallest absolute Gasteiger partial charge is 0.162 e. The normalized spacial score (nSPS) is 13.7. The first-order chi connectivity index (χ1) is 27.2. The average molecular weight is 703 g/mol. The molecule has 258 valence electrons. The lowest BCUT2D eigenvalue weighted by atomic mass is 9.94. The molecule has 0 saturated heterocycles. The number of furan rings is 1. The Labute approximate surface area is 318 Å². The van der Waals surface area contributed by atoms with Crippen LogP contribution in [0.25, 0.3) is 99.9 Å². The minimum atomic E-state index is -0.0372. The molecular formula is C51H32N3O-. The van der Waals surface area contributed by atoms with Gasteiger partial charge in [0.25, 0.3) is 0 Å². The van der Waals surface area contributed by atoms with Gasteiger partial charge in [0, 0.05) is 27.3 Å². The maximum atomic E-state index is 6.68. The molecule has 0 radical (unpaired) electrons. The molecule has 4 heterocycles. The SMILES string of the molecule is C1=CC(c2ccccc2)[N-]c2c1ccc1ccc(-c3ccc(-c4nc5cccc(-c6ccc(-c7ccccc7)cc6)c5c5c4oc4ccccc45)cc3)nc21. The standard InChI is InChI=1S/C51H32N3O/c1-3-10-32(11-4-1)33-18-20-34(21-19-33)40-15-9-16-44-46(40)47-41-14-7-8-17-45(41)55-51(47)50(54-44)39-24-22-36(23-25-39)43-31-29-38-27-26-37-28-30-42(35-12-5-2-6-13-35)52-48(37)49(38)53-43/h1-31,42H/q-1. The number of fused-ring (bicyclic) bond motifs is 8. The Hall–Kier alpha value is -7.30. The number of pyridine rings is 2. The van der Waals surface area contributed by atoms with Crippen LogP contribution in [-0.2, 0) is 0 Å². The third-order valence-corrected chi connectivity index (χ3v) is 10.8. The maximum Gasteiger partial charge on any atom is 0.162 e. The molecule has 11 rings (SSSR count). The number of nitrogens with zero attached hydrogens (tertiary/aromatic N) is 3. The molecule has 1 aliphatic rings. The van der Waals surface area contributed by atoms with E-state index in [1.807, 2.05) is 24.3 Å². The average Bonchev–Trinajstić information content (AvgIpc) is 3.66. The molecule has 0 saturated carbocycles. The van der Waals surface area contributed by atoms with Gasteiger partial charge < -0.3 is 9.73 Å². The van der Waals surface area contributed by atoms with Crippen molar-refractivity contribution in [2.75, 3.05) is 0 Å². The summed E-state index contributed by atoms with van der Waals surface area (Å²) in [4.78, 5) is 10.5. The molecule has 0 spiro atoms. The van der Waals surface area contributed by atoms with E-state index in [9.17, 15) is 0 Å². The Morgan fingerprint density at radius 1 is 0.509 bits per heavy atom. The largest absolute Gasteiger partial charge is 0.673 e. The summed E-state index contributed by atoms with van der Waals surface area (Å²) in [5, 5.41) is 9.50. The van der Waals surface area contributed by atoms with Gasteiger partial charge in [-0.05, 0) is 51.4 Å². The summed E-state index contributed by atoms with van der Waals surface area (Å²) in [5.74, 6) is 0. The molecule has 0 fully saturated rings. The lowest BCUT2D eigenvalue weighted by Gasteiger charge is -2.37. The van der Waals surface area contributed by atoms with E-state index in [2.05, 4.69) is 164 Å². The van der Waals surface area contributed by atoms with Gasteiger partial charge in [-0.25, -0.2) is 9.97 Å². The summed E-state index contributed by atoms with van der Waals surface area (Å²) in [6, 6.07) is 61.4. The van der Waals surface area contributed by atoms with Crippen LogP contribution in [0.1, 0.15) is 17.2 Å². The Balaban J connectivity index is 1.00. The summed E-state index contributed by atoms with van der Waals surface area (Å²) in [6.45, 7) is 0. The van der Waals surface area contributed by atoms with Gasteiger partial charge in [-0.2, -0.15) is 0 Å². The Kier molecular flexibility index (Phi) is 7.20. The number of hydrogen-bond acceptors (Lipinski definition) is 3. The van der Waals surface area contributed by atoms with E-state index in [0.29, 0.717) is 0 Å². The van der Waals surface area contributed by atoms with E-state index in [0.717, 1.165) is 88.6 Å². The molecular weight excluding hydrogens is 671 g/mol. The van der Waals surface area contributed by atoms with E-state index >= 15 is 0 Å². The van der Waals surface area contributed by atoms with Crippen molar-refractivity contribution in [3.05, 3.63) is 198 Å². The van der Waals surface area contributed by atoms with Crippen LogP contribution in [0, 0.1) is 0 Å². The Morgan fingerprint density at radius 3 is 2.04 bits per heavy atom. The highest BCUT2D eigenvalue weighted by atomic mass is 16.3. The van der Waals surface area contributed by atoms with Crippen molar-refractivity contribution >= 4 is 55.5 Å². The molecule has 7 aromatic carbocycles. The van der Waals surface area contributed by atoms with Crippen LogP contribution in [0.4, 0.5) is 5.69 Å². The van der Waals surface area contributed by atoms with Crippen molar-refractivity contribution in [1.29, 1.82) is 0 Å². The predicted molar refractivity (Wildman–Crippen MR) is 227 cm³/mol. The fourth-order valence-corrected chi connectivity index (χ4v) is 8.07. The van der Waals surface area contributed by atoms with Gasteiger partial charge in [-0.1, -0.05) is 181 Å². The third kappa shape index (κ3) is 5.30. The van der Waals surface area contributed by atoms with Crippen LogP contribution in [0.2, 0.25) is 0 Å². The second kappa shape index (κ2) is 12.7. The van der Waals surface area contributed by atoms with Crippen molar-refractivity contribution in [2.45, 2.75) is 6.04 Å². The van der Waals surface area contributed by atoms with Gasteiger partial charge in [0.1, 0.15) is 11.3 Å². The van der Waals surface area contributed by atoms with Gasteiger partial charge in [-0.3, -0.25) is 0 Å². The van der Waals surface area contributed by atoms with E-state index < -0.39 is 0 Å². The molecule has 1 atom stereocenters. The van der Waals surface area contributed by atoms with E-state index in [-0.39, 0.29) is 6.04 Å². The number of aromatic nitrogens is 2. The minimum absolute atomic E-state index is 0.0372. The van der Waals surface area contributed by atoms with Crippen molar-refractivity contribution in [3.8, 4) is 44.8 Å². The third-order valence-electron chi connectivity index (χ3n) is 10.8. The van der Waals surface area contributed by atoms with E-state index in [1.54, 1.807) is 0 Å². The van der Waals surface area contributed by atoms with Crippen LogP contribution in [0.15, 0.2) is 186 Å². The van der Waals surface area contributed by atoms with Crippen LogP contribution < -0.4 is 0 Å². The van der Waals surface area contributed by atoms with Crippen LogP contribution in [0.3, 0.4) is 0 Å². The van der Waals surface area contributed by atoms with Crippen LogP contribution >= 0.6 is 0 Å². The molecule has 3 aromatic heterocycles. The number of para-hydroxylation sites is 1. The molecule has 0 amide bonds. The lowest BCUT2D eigenvalue weighted by Crippen LogP contribution is -1.98. The zero-order valence-electron chi connectivity index (χ0n) is 29.7. The summed E-state index contributed by atoms with van der Waals surface area (Å²) in [7, 11) is 0. The van der Waals surface area contributed by atoms with Crippen molar-refractivity contribution < 1.29 is 4.42 Å². The van der Waals surface area contributed by atoms with Gasteiger partial charge in [0.15, 0.2) is 5.58 Å². The number of hydrogen-bond donors (Lipinski definition) is 0. The molecule has 1 unspecified atom stereocenters. The zero-order chi connectivity index (χ0) is 36.3. The molecule has 55 heavy (non-hydrogen) atoms. The van der Waals surface area contributed by atoms with E-state index in [4.69, 9.17) is 19.7 Å². The minimum Gasteiger partial charge on any atom is -0.673 e. The first kappa shape index (κ1) is 31.2. The highest BCUT2D eigenvalue weighted by molar-refractivity contribution is 6.24. The van der Waals surface area contributed by atoms with Gasteiger partial charge in [0.2, 0.25) is 0 Å². The van der Waals surface area contributed by atoms with Gasteiger partial charge in [0.05, 0.1) is 16.7 Å². The zero-order valence-corrected chi connectivity index (χ0v) is 29.7. The molecule has 0 aliphatic carbocycles. The summed E-state index contributed by atoms with van der Waals surface area (Å²) in [5.41, 5.74) is 15.0. The molecule has 4 heteroatoms. The van der Waals surface area contributed by atoms with E-state index in [1.165, 1.54) is 16.7 Å². The second-order valence-corrected chi connectivity index (χ2v) is 14.1. The topological polar surface area (TPSA) is 53.0 Å². The van der Waals surface area contributed by atoms with Crippen LogP contribution in [-0.4, -0.2) is 9.97 Å². The summed E-state index contributed by atoms with van der Waals surface area (Å²) < 4.78 is 6.68. The van der Waals surface area contributed by atoms with Crippen molar-refractivity contribution in [2.24, 2.45) is 0 Å². The first-order valence-electron chi connectivity index (χ1n) is 18.6. The predicted octanol–water partition coefficient (Wildman–Crippen LogP) is 14.1. The Morgan fingerprint density at radius 2 is 1.20 bits per heavy atom. The highest BCUT2D eigenvalue weighted by Gasteiger charge is 2.20. The first-order valence-corrected chi connectivity index (χ1v) is 18.6.